The molecule has 1 heterocycles. The van der Waals surface area contributed by atoms with Crippen LogP contribution < -0.4 is 0 Å². The third-order valence-corrected chi connectivity index (χ3v) is 4.37. The fraction of sp³-hybridized carbons (Fsp3) is 0.400. The van der Waals surface area contributed by atoms with Gasteiger partial charge in [-0.25, -0.2) is 4.98 Å². The number of hydrogen-bond donors (Lipinski definition) is 1. The zero-order valence-corrected chi connectivity index (χ0v) is 11.4. The van der Waals surface area contributed by atoms with Crippen molar-refractivity contribution < 1.29 is 5.11 Å². The molecular weight excluding hydrogens is 260 g/mol. The number of benzene rings is 1. The quantitative estimate of drug-likeness (QED) is 0.935. The van der Waals surface area contributed by atoms with Crippen molar-refractivity contribution in [3.8, 4) is 0 Å². The van der Waals surface area contributed by atoms with E-state index in [-0.39, 0.29) is 5.92 Å². The Morgan fingerprint density at radius 2 is 2.16 bits per heavy atom. The van der Waals surface area contributed by atoms with E-state index in [0.29, 0.717) is 5.02 Å². The fourth-order valence-corrected chi connectivity index (χ4v) is 3.20. The van der Waals surface area contributed by atoms with Gasteiger partial charge >= 0.3 is 0 Å². The summed E-state index contributed by atoms with van der Waals surface area (Å²) in [5.41, 5.74) is 0.231. The van der Waals surface area contributed by atoms with Gasteiger partial charge in [0.05, 0.1) is 11.9 Å². The molecule has 0 saturated heterocycles. The topological polar surface area (TPSA) is 38.0 Å². The molecule has 1 aliphatic rings. The summed E-state index contributed by atoms with van der Waals surface area (Å²) in [7, 11) is 0. The van der Waals surface area contributed by atoms with E-state index in [1.165, 1.54) is 0 Å². The molecule has 0 unspecified atom stereocenters. The third kappa shape index (κ3) is 2.40. The van der Waals surface area contributed by atoms with Gasteiger partial charge in [0, 0.05) is 29.9 Å². The maximum absolute atomic E-state index is 11.0. The second-order valence-corrected chi connectivity index (χ2v) is 5.72. The largest absolute Gasteiger partial charge is 0.385 e. The standard InChI is InChI=1S/C15H17ClN2O/c16-14-5-3-12(4-6-14)15(19)7-1-2-13(15)10-18-9-8-17-11-18/h3-6,8-9,11,13,19H,1-2,7,10H2/t13-,15+/m1/s1. The molecule has 1 aromatic carbocycles. The minimum absolute atomic E-state index is 0.225. The number of rotatable bonds is 3. The van der Waals surface area contributed by atoms with Crippen LogP contribution in [-0.4, -0.2) is 14.7 Å². The van der Waals surface area contributed by atoms with Crippen LogP contribution in [0.4, 0.5) is 0 Å². The van der Waals surface area contributed by atoms with Crippen LogP contribution in [0.2, 0.25) is 5.02 Å². The SMILES string of the molecule is O[C@]1(c2ccc(Cl)cc2)CCC[C@@H]1Cn1ccnc1. The van der Waals surface area contributed by atoms with E-state index in [2.05, 4.69) is 4.98 Å². The Bertz CT molecular complexity index is 538. The summed E-state index contributed by atoms with van der Waals surface area (Å²) in [6.07, 6.45) is 8.43. The average Bonchev–Trinajstić information content (AvgIpc) is 3.03. The van der Waals surface area contributed by atoms with E-state index in [0.717, 1.165) is 31.4 Å². The van der Waals surface area contributed by atoms with E-state index >= 15 is 0 Å². The lowest BCUT2D eigenvalue weighted by Crippen LogP contribution is -2.32. The number of hydrogen-bond acceptors (Lipinski definition) is 2. The molecule has 0 amide bonds. The van der Waals surface area contributed by atoms with Gasteiger partial charge < -0.3 is 9.67 Å². The van der Waals surface area contributed by atoms with Crippen LogP contribution in [0.5, 0.6) is 0 Å². The molecule has 3 nitrogen and oxygen atoms in total. The number of halogens is 1. The Balaban J connectivity index is 1.86. The van der Waals surface area contributed by atoms with Crippen LogP contribution in [0.1, 0.15) is 24.8 Å². The minimum Gasteiger partial charge on any atom is -0.385 e. The first-order chi connectivity index (χ1) is 9.18. The maximum Gasteiger partial charge on any atom is 0.0946 e. The van der Waals surface area contributed by atoms with Gasteiger partial charge in [0.1, 0.15) is 0 Å². The highest BCUT2D eigenvalue weighted by Crippen LogP contribution is 2.44. The van der Waals surface area contributed by atoms with Gasteiger partial charge in [0.15, 0.2) is 0 Å². The van der Waals surface area contributed by atoms with Crippen molar-refractivity contribution in [2.24, 2.45) is 5.92 Å². The van der Waals surface area contributed by atoms with Crippen LogP contribution in [0, 0.1) is 5.92 Å². The van der Waals surface area contributed by atoms with E-state index < -0.39 is 5.60 Å². The highest BCUT2D eigenvalue weighted by atomic mass is 35.5. The van der Waals surface area contributed by atoms with Crippen LogP contribution in [0.15, 0.2) is 43.0 Å². The summed E-state index contributed by atoms with van der Waals surface area (Å²) in [5.74, 6) is 0.225. The second-order valence-electron chi connectivity index (χ2n) is 5.28. The first-order valence-electron chi connectivity index (χ1n) is 6.63. The second kappa shape index (κ2) is 4.99. The molecule has 3 rings (SSSR count). The van der Waals surface area contributed by atoms with E-state index in [4.69, 9.17) is 11.6 Å². The van der Waals surface area contributed by atoms with Gasteiger partial charge in [-0.3, -0.25) is 0 Å². The molecule has 1 aromatic heterocycles. The zero-order valence-electron chi connectivity index (χ0n) is 10.7. The Hall–Kier alpha value is -1.32. The molecule has 1 N–H and O–H groups in total. The third-order valence-electron chi connectivity index (χ3n) is 4.12. The summed E-state index contributed by atoms with van der Waals surface area (Å²) in [6, 6.07) is 7.58. The summed E-state index contributed by atoms with van der Waals surface area (Å²) in [6.45, 7) is 0.805. The molecule has 1 saturated carbocycles. The Kier molecular flexibility index (Phi) is 3.33. The fourth-order valence-electron chi connectivity index (χ4n) is 3.07. The summed E-state index contributed by atoms with van der Waals surface area (Å²) in [4.78, 5) is 4.06. The lowest BCUT2D eigenvalue weighted by molar-refractivity contribution is -0.00891. The molecule has 0 aliphatic heterocycles. The average molecular weight is 277 g/mol. The smallest absolute Gasteiger partial charge is 0.0946 e. The molecule has 0 spiro atoms. The van der Waals surface area contributed by atoms with Crippen molar-refractivity contribution in [1.29, 1.82) is 0 Å². The Morgan fingerprint density at radius 1 is 1.37 bits per heavy atom. The van der Waals surface area contributed by atoms with Gasteiger partial charge in [-0.1, -0.05) is 23.7 Å². The van der Waals surface area contributed by atoms with Crippen molar-refractivity contribution in [2.75, 3.05) is 0 Å². The van der Waals surface area contributed by atoms with E-state index in [1.54, 1.807) is 12.5 Å². The summed E-state index contributed by atoms with van der Waals surface area (Å²) >= 11 is 5.92. The predicted octanol–water partition coefficient (Wildman–Crippen LogP) is 3.22. The molecule has 19 heavy (non-hydrogen) atoms. The molecule has 1 fully saturated rings. The van der Waals surface area contributed by atoms with Crippen molar-refractivity contribution in [1.82, 2.24) is 9.55 Å². The highest BCUT2D eigenvalue weighted by Gasteiger charge is 2.42. The van der Waals surface area contributed by atoms with Gasteiger partial charge in [0.25, 0.3) is 0 Å². The zero-order chi connectivity index (χ0) is 13.3. The molecule has 4 heteroatoms. The Morgan fingerprint density at radius 3 is 2.84 bits per heavy atom. The summed E-state index contributed by atoms with van der Waals surface area (Å²) < 4.78 is 2.04. The minimum atomic E-state index is -0.741. The number of nitrogens with zero attached hydrogens (tertiary/aromatic N) is 2. The van der Waals surface area contributed by atoms with E-state index in [9.17, 15) is 5.11 Å². The molecule has 0 bridgehead atoms. The predicted molar refractivity (Wildman–Crippen MR) is 74.9 cm³/mol. The van der Waals surface area contributed by atoms with Gasteiger partial charge in [0.2, 0.25) is 0 Å². The maximum atomic E-state index is 11.0. The van der Waals surface area contributed by atoms with E-state index in [1.807, 2.05) is 35.0 Å². The van der Waals surface area contributed by atoms with Crippen molar-refractivity contribution in [2.45, 2.75) is 31.4 Å². The van der Waals surface area contributed by atoms with Crippen molar-refractivity contribution in [3.63, 3.8) is 0 Å². The lowest BCUT2D eigenvalue weighted by Gasteiger charge is -2.31. The van der Waals surface area contributed by atoms with Crippen molar-refractivity contribution in [3.05, 3.63) is 53.6 Å². The normalized spacial score (nSPS) is 26.7. The highest BCUT2D eigenvalue weighted by molar-refractivity contribution is 6.30. The van der Waals surface area contributed by atoms with Gasteiger partial charge in [-0.2, -0.15) is 0 Å². The molecule has 2 atom stereocenters. The summed E-state index contributed by atoms with van der Waals surface area (Å²) in [5, 5.41) is 11.7. The molecule has 1 aliphatic carbocycles. The molecule has 0 radical (unpaired) electrons. The van der Waals surface area contributed by atoms with Crippen LogP contribution in [0.3, 0.4) is 0 Å². The molecule has 100 valence electrons. The number of imidazole rings is 1. The Labute approximate surface area is 117 Å². The first kappa shape index (κ1) is 12.7. The molecule has 2 aromatic rings. The first-order valence-corrected chi connectivity index (χ1v) is 7.00. The number of aliphatic hydroxyl groups is 1. The van der Waals surface area contributed by atoms with Crippen LogP contribution in [0.25, 0.3) is 0 Å². The van der Waals surface area contributed by atoms with Gasteiger partial charge in [-0.05, 0) is 37.0 Å². The van der Waals surface area contributed by atoms with Gasteiger partial charge in [-0.15, -0.1) is 0 Å². The molecular formula is C15H17ClN2O. The number of aromatic nitrogens is 2. The monoisotopic (exact) mass is 276 g/mol. The van der Waals surface area contributed by atoms with Crippen molar-refractivity contribution >= 4 is 11.6 Å². The van der Waals surface area contributed by atoms with Crippen LogP contribution in [-0.2, 0) is 12.1 Å². The lowest BCUT2D eigenvalue weighted by atomic mass is 9.84. The van der Waals surface area contributed by atoms with Crippen LogP contribution >= 0.6 is 11.6 Å².